The van der Waals surface area contributed by atoms with Crippen molar-refractivity contribution in [3.63, 3.8) is 0 Å². The fraction of sp³-hybridized carbons (Fsp3) is 0.308. The molecule has 0 unspecified atom stereocenters. The first-order chi connectivity index (χ1) is 9.38. The zero-order valence-electron chi connectivity index (χ0n) is 10.9. The molecular formula is C13H14N2O5. The molecule has 7 nitrogen and oxygen atoms in total. The van der Waals surface area contributed by atoms with Gasteiger partial charge in [0.2, 0.25) is 11.8 Å². The van der Waals surface area contributed by atoms with Crippen LogP contribution in [0, 0.1) is 6.92 Å². The maximum Gasteiger partial charge on any atom is 0.323 e. The SMILES string of the molecule is Cc1cc(O)ccc1N1CC(=O)N(CC(=O)O)C(=O)C1. The van der Waals surface area contributed by atoms with Gasteiger partial charge in [0.1, 0.15) is 12.3 Å². The predicted octanol–water partition coefficient (Wildman–Crippen LogP) is -0.0396. The van der Waals surface area contributed by atoms with Crippen molar-refractivity contribution in [3.05, 3.63) is 23.8 Å². The quantitative estimate of drug-likeness (QED) is 0.753. The lowest BCUT2D eigenvalue weighted by atomic mass is 10.1. The number of nitrogens with zero attached hydrogens (tertiary/aromatic N) is 2. The van der Waals surface area contributed by atoms with Gasteiger partial charge < -0.3 is 15.1 Å². The zero-order chi connectivity index (χ0) is 14.9. The van der Waals surface area contributed by atoms with Crippen LogP contribution in [0.3, 0.4) is 0 Å². The smallest absolute Gasteiger partial charge is 0.323 e. The highest BCUT2D eigenvalue weighted by Gasteiger charge is 2.32. The molecule has 106 valence electrons. The summed E-state index contributed by atoms with van der Waals surface area (Å²) in [6, 6.07) is 4.63. The number of anilines is 1. The number of imide groups is 1. The van der Waals surface area contributed by atoms with Crippen LogP contribution in [0.5, 0.6) is 5.75 Å². The third-order valence-corrected chi connectivity index (χ3v) is 3.07. The number of rotatable bonds is 3. The molecule has 0 aliphatic carbocycles. The molecule has 0 atom stereocenters. The summed E-state index contributed by atoms with van der Waals surface area (Å²) in [5.74, 6) is -2.21. The average molecular weight is 278 g/mol. The summed E-state index contributed by atoms with van der Waals surface area (Å²) < 4.78 is 0. The fourth-order valence-corrected chi connectivity index (χ4v) is 2.17. The molecule has 2 amide bonds. The number of carboxylic acids is 1. The molecule has 1 heterocycles. The fourth-order valence-electron chi connectivity index (χ4n) is 2.17. The number of amides is 2. The Balaban J connectivity index is 2.20. The first-order valence-electron chi connectivity index (χ1n) is 5.98. The number of aliphatic carboxylic acids is 1. The molecule has 0 bridgehead atoms. The number of phenolic OH excluding ortho intramolecular Hbond substituents is 1. The molecule has 1 aliphatic rings. The predicted molar refractivity (Wildman–Crippen MR) is 69.4 cm³/mol. The summed E-state index contributed by atoms with van der Waals surface area (Å²) in [5.41, 5.74) is 1.40. The van der Waals surface area contributed by atoms with Crippen molar-refractivity contribution in [2.75, 3.05) is 24.5 Å². The zero-order valence-corrected chi connectivity index (χ0v) is 10.9. The normalized spacial score (nSPS) is 15.7. The second-order valence-electron chi connectivity index (χ2n) is 4.59. The van der Waals surface area contributed by atoms with E-state index in [0.29, 0.717) is 5.69 Å². The Morgan fingerprint density at radius 2 is 1.85 bits per heavy atom. The second-order valence-corrected chi connectivity index (χ2v) is 4.59. The van der Waals surface area contributed by atoms with Crippen molar-refractivity contribution in [1.82, 2.24) is 4.90 Å². The van der Waals surface area contributed by atoms with Crippen LogP contribution >= 0.6 is 0 Å². The summed E-state index contributed by atoms with van der Waals surface area (Å²) >= 11 is 0. The van der Waals surface area contributed by atoms with Gasteiger partial charge >= 0.3 is 5.97 Å². The largest absolute Gasteiger partial charge is 0.508 e. The highest BCUT2D eigenvalue weighted by Crippen LogP contribution is 2.25. The Hall–Kier alpha value is -2.57. The first-order valence-corrected chi connectivity index (χ1v) is 5.98. The lowest BCUT2D eigenvalue weighted by Crippen LogP contribution is -2.55. The number of aryl methyl sites for hydroxylation is 1. The summed E-state index contributed by atoms with van der Waals surface area (Å²) in [6.07, 6.45) is 0. The van der Waals surface area contributed by atoms with Crippen molar-refractivity contribution in [2.24, 2.45) is 0 Å². The van der Waals surface area contributed by atoms with E-state index in [0.717, 1.165) is 10.5 Å². The maximum atomic E-state index is 11.9. The van der Waals surface area contributed by atoms with Gasteiger partial charge in [0.05, 0.1) is 13.1 Å². The molecular weight excluding hydrogens is 264 g/mol. The Kier molecular flexibility index (Phi) is 3.60. The van der Waals surface area contributed by atoms with E-state index >= 15 is 0 Å². The second kappa shape index (κ2) is 5.20. The van der Waals surface area contributed by atoms with E-state index in [1.54, 1.807) is 17.9 Å². The number of carbonyl (C=O) groups excluding carboxylic acids is 2. The molecule has 0 radical (unpaired) electrons. The Morgan fingerprint density at radius 3 is 2.35 bits per heavy atom. The number of phenols is 1. The lowest BCUT2D eigenvalue weighted by Gasteiger charge is -2.33. The van der Waals surface area contributed by atoms with Crippen molar-refractivity contribution in [2.45, 2.75) is 6.92 Å². The standard InChI is InChI=1S/C13H14N2O5/c1-8-4-9(16)2-3-10(8)14-5-11(17)15(7-13(19)20)12(18)6-14/h2-4,16H,5-7H2,1H3,(H,19,20). The van der Waals surface area contributed by atoms with Crippen LogP contribution in [0.25, 0.3) is 0 Å². The maximum absolute atomic E-state index is 11.9. The Bertz CT molecular complexity index is 566. The molecule has 1 aliphatic heterocycles. The highest BCUT2D eigenvalue weighted by molar-refractivity contribution is 6.04. The van der Waals surface area contributed by atoms with E-state index in [1.807, 2.05) is 0 Å². The first kappa shape index (κ1) is 13.9. The average Bonchev–Trinajstić information content (AvgIpc) is 2.33. The topological polar surface area (TPSA) is 98.2 Å². The van der Waals surface area contributed by atoms with E-state index in [2.05, 4.69) is 0 Å². The Labute approximate surface area is 115 Å². The van der Waals surface area contributed by atoms with Gasteiger partial charge in [-0.1, -0.05) is 0 Å². The van der Waals surface area contributed by atoms with Gasteiger partial charge in [-0.15, -0.1) is 0 Å². The van der Waals surface area contributed by atoms with Gasteiger partial charge in [-0.25, -0.2) is 0 Å². The Morgan fingerprint density at radius 1 is 1.25 bits per heavy atom. The van der Waals surface area contributed by atoms with Crippen LogP contribution in [0.4, 0.5) is 5.69 Å². The van der Waals surface area contributed by atoms with E-state index < -0.39 is 24.3 Å². The monoisotopic (exact) mass is 278 g/mol. The van der Waals surface area contributed by atoms with Crippen LogP contribution in [0.15, 0.2) is 18.2 Å². The summed E-state index contributed by atoms with van der Waals surface area (Å²) in [4.78, 5) is 36.6. The van der Waals surface area contributed by atoms with Crippen LogP contribution in [0.1, 0.15) is 5.56 Å². The minimum absolute atomic E-state index is 0.0648. The molecule has 2 N–H and O–H groups in total. The van der Waals surface area contributed by atoms with Gasteiger partial charge in [0, 0.05) is 5.69 Å². The molecule has 1 aromatic rings. The third-order valence-electron chi connectivity index (χ3n) is 3.07. The number of piperazine rings is 1. The number of aromatic hydroxyl groups is 1. The lowest BCUT2D eigenvalue weighted by molar-refractivity contribution is -0.153. The molecule has 0 spiro atoms. The third kappa shape index (κ3) is 2.71. The van der Waals surface area contributed by atoms with Crippen molar-refractivity contribution in [1.29, 1.82) is 0 Å². The summed E-state index contributed by atoms with van der Waals surface area (Å²) in [5, 5.41) is 18.0. The molecule has 2 rings (SSSR count). The van der Waals surface area contributed by atoms with Crippen LogP contribution in [0.2, 0.25) is 0 Å². The van der Waals surface area contributed by atoms with E-state index in [1.165, 1.54) is 12.1 Å². The van der Waals surface area contributed by atoms with Gasteiger partial charge in [-0.05, 0) is 30.7 Å². The number of hydrogen-bond donors (Lipinski definition) is 2. The van der Waals surface area contributed by atoms with Crippen molar-refractivity contribution in [3.8, 4) is 5.75 Å². The van der Waals surface area contributed by atoms with E-state index in [9.17, 15) is 19.5 Å². The number of benzene rings is 1. The van der Waals surface area contributed by atoms with Gasteiger partial charge in [-0.2, -0.15) is 0 Å². The van der Waals surface area contributed by atoms with Crippen molar-refractivity contribution < 1.29 is 24.6 Å². The molecule has 1 saturated heterocycles. The van der Waals surface area contributed by atoms with Gasteiger partial charge in [0.25, 0.3) is 0 Å². The van der Waals surface area contributed by atoms with E-state index in [-0.39, 0.29) is 18.8 Å². The molecule has 20 heavy (non-hydrogen) atoms. The van der Waals surface area contributed by atoms with Crippen molar-refractivity contribution >= 4 is 23.5 Å². The minimum Gasteiger partial charge on any atom is -0.508 e. The summed E-state index contributed by atoms with van der Waals surface area (Å²) in [6.45, 7) is 1.02. The highest BCUT2D eigenvalue weighted by atomic mass is 16.4. The minimum atomic E-state index is -1.22. The van der Waals surface area contributed by atoms with Crippen LogP contribution in [-0.4, -0.2) is 52.5 Å². The van der Waals surface area contributed by atoms with Crippen LogP contribution in [-0.2, 0) is 14.4 Å². The number of hydrogen-bond acceptors (Lipinski definition) is 5. The molecule has 1 aromatic carbocycles. The molecule has 0 aromatic heterocycles. The van der Waals surface area contributed by atoms with Gasteiger partial charge in [-0.3, -0.25) is 19.3 Å². The molecule has 7 heteroatoms. The number of carbonyl (C=O) groups is 3. The van der Waals surface area contributed by atoms with Gasteiger partial charge in [0.15, 0.2) is 0 Å². The molecule has 1 fully saturated rings. The van der Waals surface area contributed by atoms with Crippen LogP contribution < -0.4 is 4.90 Å². The number of carboxylic acid groups (broad SMARTS) is 1. The molecule has 0 saturated carbocycles. The van der Waals surface area contributed by atoms with E-state index in [4.69, 9.17) is 5.11 Å². The summed E-state index contributed by atoms with van der Waals surface area (Å²) in [7, 11) is 0.